The van der Waals surface area contributed by atoms with Gasteiger partial charge in [-0.05, 0) is 40.6 Å². The quantitative estimate of drug-likeness (QED) is 0.610. The zero-order chi connectivity index (χ0) is 17.5. The highest BCUT2D eigenvalue weighted by molar-refractivity contribution is 7.08. The first kappa shape index (κ1) is 17.2. The van der Waals surface area contributed by atoms with Gasteiger partial charge in [0.05, 0.1) is 0 Å². The van der Waals surface area contributed by atoms with E-state index < -0.39 is 5.97 Å². The molecule has 1 amide bonds. The molecule has 2 aromatic rings. The van der Waals surface area contributed by atoms with Gasteiger partial charge < -0.3 is 14.5 Å². The fourth-order valence-corrected chi connectivity index (χ4v) is 3.29. The summed E-state index contributed by atoms with van der Waals surface area (Å²) >= 11 is 1.56. The zero-order valence-electron chi connectivity index (χ0n) is 13.8. The Morgan fingerprint density at radius 1 is 1.08 bits per heavy atom. The third kappa shape index (κ3) is 4.93. The summed E-state index contributed by atoms with van der Waals surface area (Å²) < 4.78 is 5.04. The summed E-state index contributed by atoms with van der Waals surface area (Å²) in [7, 11) is 0. The van der Waals surface area contributed by atoms with Gasteiger partial charge in [-0.15, -0.1) is 0 Å². The van der Waals surface area contributed by atoms with Gasteiger partial charge in [-0.3, -0.25) is 4.79 Å². The van der Waals surface area contributed by atoms with E-state index in [1.807, 2.05) is 35.0 Å². The lowest BCUT2D eigenvalue weighted by atomic mass is 10.2. The highest BCUT2D eigenvalue weighted by atomic mass is 32.1. The van der Waals surface area contributed by atoms with E-state index in [4.69, 9.17) is 4.74 Å². The van der Waals surface area contributed by atoms with E-state index in [1.165, 1.54) is 11.8 Å². The molecule has 1 aromatic heterocycles. The molecule has 0 saturated carbocycles. The number of hydrogen-bond donors (Lipinski definition) is 0. The van der Waals surface area contributed by atoms with Crippen LogP contribution >= 0.6 is 11.3 Å². The molecule has 0 N–H and O–H groups in total. The Morgan fingerprint density at radius 2 is 1.84 bits per heavy atom. The molecule has 0 unspecified atom stereocenters. The van der Waals surface area contributed by atoms with Crippen LogP contribution in [0.3, 0.4) is 0 Å². The number of rotatable bonds is 5. The van der Waals surface area contributed by atoms with E-state index in [-0.39, 0.29) is 12.5 Å². The minimum absolute atomic E-state index is 0.148. The molecular weight excluding hydrogens is 336 g/mol. The molecule has 0 radical (unpaired) electrons. The van der Waals surface area contributed by atoms with Crippen molar-refractivity contribution in [3.8, 4) is 0 Å². The van der Waals surface area contributed by atoms with Gasteiger partial charge in [0.25, 0.3) is 5.91 Å². The minimum atomic E-state index is -0.498. The Balaban J connectivity index is 1.41. The Labute approximate surface area is 151 Å². The largest absolute Gasteiger partial charge is 0.452 e. The summed E-state index contributed by atoms with van der Waals surface area (Å²) in [6.07, 6.45) is 3.03. The fourth-order valence-electron chi connectivity index (χ4n) is 2.66. The molecule has 1 aromatic carbocycles. The van der Waals surface area contributed by atoms with Crippen molar-refractivity contribution in [2.45, 2.75) is 0 Å². The van der Waals surface area contributed by atoms with Crippen LogP contribution in [-0.2, 0) is 14.3 Å². The highest BCUT2D eigenvalue weighted by Gasteiger charge is 2.21. The van der Waals surface area contributed by atoms with E-state index in [2.05, 4.69) is 17.0 Å². The summed E-state index contributed by atoms with van der Waals surface area (Å²) in [5, 5.41) is 3.87. The van der Waals surface area contributed by atoms with Gasteiger partial charge in [0, 0.05) is 37.9 Å². The molecule has 130 valence electrons. The molecule has 6 heteroatoms. The maximum absolute atomic E-state index is 12.2. The van der Waals surface area contributed by atoms with Crippen molar-refractivity contribution >= 4 is 35.0 Å². The molecule has 25 heavy (non-hydrogen) atoms. The number of nitrogens with zero attached hydrogens (tertiary/aromatic N) is 2. The summed E-state index contributed by atoms with van der Waals surface area (Å²) in [4.78, 5) is 27.9. The topological polar surface area (TPSA) is 49.9 Å². The van der Waals surface area contributed by atoms with Crippen LogP contribution in [0.25, 0.3) is 6.08 Å². The van der Waals surface area contributed by atoms with Gasteiger partial charge in [-0.1, -0.05) is 18.2 Å². The predicted molar refractivity (Wildman–Crippen MR) is 99.5 cm³/mol. The molecule has 0 spiro atoms. The van der Waals surface area contributed by atoms with Crippen LogP contribution in [0.4, 0.5) is 5.69 Å². The summed E-state index contributed by atoms with van der Waals surface area (Å²) in [5.41, 5.74) is 2.12. The lowest BCUT2D eigenvalue weighted by Crippen LogP contribution is -2.49. The maximum atomic E-state index is 12.2. The molecule has 0 atom stereocenters. The Hall–Kier alpha value is -2.60. The fraction of sp³-hybridized carbons (Fsp3) is 0.263. The molecule has 2 heterocycles. The number of carbonyl (C=O) groups excluding carboxylic acids is 2. The average Bonchev–Trinajstić information content (AvgIpc) is 3.19. The summed E-state index contributed by atoms with van der Waals surface area (Å²) in [5.74, 6) is -0.646. The molecule has 3 rings (SSSR count). The van der Waals surface area contributed by atoms with Gasteiger partial charge >= 0.3 is 5.97 Å². The van der Waals surface area contributed by atoms with Gasteiger partial charge in [0.15, 0.2) is 6.61 Å². The number of para-hydroxylation sites is 1. The first-order valence-corrected chi connectivity index (χ1v) is 9.11. The van der Waals surface area contributed by atoms with Crippen molar-refractivity contribution in [1.82, 2.24) is 4.90 Å². The normalized spacial score (nSPS) is 14.7. The summed E-state index contributed by atoms with van der Waals surface area (Å²) in [6.45, 7) is 2.62. The molecular formula is C19H20N2O3S. The Morgan fingerprint density at radius 3 is 2.52 bits per heavy atom. The average molecular weight is 356 g/mol. The van der Waals surface area contributed by atoms with Gasteiger partial charge in [-0.2, -0.15) is 11.3 Å². The number of thiophene rings is 1. The standard InChI is InChI=1S/C19H20N2O3S/c22-18(14-24-19(23)7-6-16-8-13-25-15-16)21-11-9-20(10-12-21)17-4-2-1-3-5-17/h1-8,13,15H,9-12,14H2/b7-6+. The number of carbonyl (C=O) groups is 2. The second-order valence-corrected chi connectivity index (χ2v) is 6.48. The van der Waals surface area contributed by atoms with Crippen molar-refractivity contribution in [2.75, 3.05) is 37.7 Å². The van der Waals surface area contributed by atoms with Gasteiger partial charge in [0.1, 0.15) is 0 Å². The lowest BCUT2D eigenvalue weighted by Gasteiger charge is -2.36. The molecule has 0 aliphatic carbocycles. The van der Waals surface area contributed by atoms with Crippen molar-refractivity contribution in [3.63, 3.8) is 0 Å². The predicted octanol–water partition coefficient (Wildman–Crippen LogP) is 2.65. The maximum Gasteiger partial charge on any atom is 0.331 e. The van der Waals surface area contributed by atoms with Crippen molar-refractivity contribution in [1.29, 1.82) is 0 Å². The lowest BCUT2D eigenvalue weighted by molar-refractivity contribution is -0.148. The SMILES string of the molecule is O=C(/C=C/c1ccsc1)OCC(=O)N1CCN(c2ccccc2)CC1. The Kier molecular flexibility index (Phi) is 5.85. The molecule has 1 fully saturated rings. The van der Waals surface area contributed by atoms with Crippen LogP contribution in [0.1, 0.15) is 5.56 Å². The number of amides is 1. The van der Waals surface area contributed by atoms with Gasteiger partial charge in [-0.25, -0.2) is 4.79 Å². The second-order valence-electron chi connectivity index (χ2n) is 5.70. The van der Waals surface area contributed by atoms with Crippen LogP contribution in [0.2, 0.25) is 0 Å². The molecule has 1 saturated heterocycles. The monoisotopic (exact) mass is 356 g/mol. The minimum Gasteiger partial charge on any atom is -0.452 e. The number of benzene rings is 1. The van der Waals surface area contributed by atoms with Gasteiger partial charge in [0.2, 0.25) is 0 Å². The van der Waals surface area contributed by atoms with E-state index >= 15 is 0 Å². The van der Waals surface area contributed by atoms with Crippen LogP contribution in [-0.4, -0.2) is 49.6 Å². The Bertz CT molecular complexity index is 720. The number of ether oxygens (including phenoxy) is 1. The molecule has 1 aliphatic heterocycles. The van der Waals surface area contributed by atoms with Crippen LogP contribution in [0.15, 0.2) is 53.2 Å². The number of anilines is 1. The van der Waals surface area contributed by atoms with E-state index in [1.54, 1.807) is 22.3 Å². The van der Waals surface area contributed by atoms with Crippen molar-refractivity contribution in [3.05, 3.63) is 58.8 Å². The molecule has 0 bridgehead atoms. The highest BCUT2D eigenvalue weighted by Crippen LogP contribution is 2.15. The summed E-state index contributed by atoms with van der Waals surface area (Å²) in [6, 6.07) is 12.1. The van der Waals surface area contributed by atoms with Crippen LogP contribution < -0.4 is 4.90 Å². The van der Waals surface area contributed by atoms with E-state index in [9.17, 15) is 9.59 Å². The van der Waals surface area contributed by atoms with Crippen LogP contribution in [0, 0.1) is 0 Å². The third-order valence-electron chi connectivity index (χ3n) is 4.05. The van der Waals surface area contributed by atoms with Crippen LogP contribution in [0.5, 0.6) is 0 Å². The number of piperazine rings is 1. The van der Waals surface area contributed by atoms with E-state index in [0.717, 1.165) is 18.7 Å². The zero-order valence-corrected chi connectivity index (χ0v) is 14.7. The van der Waals surface area contributed by atoms with Crippen molar-refractivity contribution in [2.24, 2.45) is 0 Å². The van der Waals surface area contributed by atoms with Crippen molar-refractivity contribution < 1.29 is 14.3 Å². The first-order valence-electron chi connectivity index (χ1n) is 8.17. The first-order chi connectivity index (χ1) is 12.2. The second kappa shape index (κ2) is 8.48. The number of esters is 1. The smallest absolute Gasteiger partial charge is 0.331 e. The number of hydrogen-bond acceptors (Lipinski definition) is 5. The molecule has 5 nitrogen and oxygen atoms in total. The third-order valence-corrected chi connectivity index (χ3v) is 4.75. The molecule has 1 aliphatic rings. The van der Waals surface area contributed by atoms with E-state index in [0.29, 0.717) is 13.1 Å².